The molecule has 3 rings (SSSR count). The zero-order valence-electron chi connectivity index (χ0n) is 15.7. The van der Waals surface area contributed by atoms with Gasteiger partial charge < -0.3 is 15.9 Å². The first-order valence-corrected chi connectivity index (χ1v) is 9.51. The van der Waals surface area contributed by atoms with Gasteiger partial charge in [0.2, 0.25) is 11.1 Å². The summed E-state index contributed by atoms with van der Waals surface area (Å²) in [6.45, 7) is 1.64. The van der Waals surface area contributed by atoms with Crippen molar-refractivity contribution in [3.63, 3.8) is 0 Å². The molecule has 1 unspecified atom stereocenters. The molecule has 2 aromatic carbocycles. The van der Waals surface area contributed by atoms with Crippen molar-refractivity contribution in [2.24, 2.45) is 0 Å². The maximum Gasteiger partial charge on any atom is 0.271 e. The number of thioether (sulfide) groups is 1. The third-order valence-corrected chi connectivity index (χ3v) is 4.95. The van der Waals surface area contributed by atoms with Gasteiger partial charge in [0, 0.05) is 17.8 Å². The first-order valence-electron chi connectivity index (χ1n) is 8.63. The summed E-state index contributed by atoms with van der Waals surface area (Å²) in [5, 5.41) is 21.0. The van der Waals surface area contributed by atoms with E-state index in [1.165, 1.54) is 47.1 Å². The van der Waals surface area contributed by atoms with E-state index in [0.29, 0.717) is 17.3 Å². The summed E-state index contributed by atoms with van der Waals surface area (Å²) in [5.74, 6) is 5.97. The van der Waals surface area contributed by atoms with Crippen LogP contribution in [0.3, 0.4) is 0 Å². The summed E-state index contributed by atoms with van der Waals surface area (Å²) in [7, 11) is 0. The zero-order chi connectivity index (χ0) is 21.7. The standard InChI is InChI=1S/C18H17FN6O4S/c1-11(17(26)21-13-3-2-4-14(9-13)25(27)28)30-18-23-22-16(24(18)20)10-29-15-7-5-12(19)6-8-15/h2-9,11H,10,20H2,1H3,(H,21,26). The molecule has 0 radical (unpaired) electrons. The molecule has 1 atom stereocenters. The van der Waals surface area contributed by atoms with E-state index in [4.69, 9.17) is 10.6 Å². The Hall–Kier alpha value is -3.67. The Labute approximate surface area is 174 Å². The van der Waals surface area contributed by atoms with Gasteiger partial charge in [0.05, 0.1) is 10.2 Å². The maximum absolute atomic E-state index is 12.9. The number of hydrogen-bond acceptors (Lipinski definition) is 8. The van der Waals surface area contributed by atoms with E-state index in [2.05, 4.69) is 15.5 Å². The highest BCUT2D eigenvalue weighted by atomic mass is 32.2. The summed E-state index contributed by atoms with van der Waals surface area (Å²) < 4.78 is 19.6. The summed E-state index contributed by atoms with van der Waals surface area (Å²) in [6, 6.07) is 11.1. The van der Waals surface area contributed by atoms with Gasteiger partial charge in [-0.3, -0.25) is 14.9 Å². The monoisotopic (exact) mass is 432 g/mol. The van der Waals surface area contributed by atoms with Crippen LogP contribution in [0.2, 0.25) is 0 Å². The highest BCUT2D eigenvalue weighted by molar-refractivity contribution is 8.00. The van der Waals surface area contributed by atoms with Crippen molar-refractivity contribution in [2.45, 2.75) is 23.9 Å². The Morgan fingerprint density at radius 1 is 1.33 bits per heavy atom. The minimum Gasteiger partial charge on any atom is -0.486 e. The molecule has 1 amide bonds. The van der Waals surface area contributed by atoms with Crippen LogP contribution in [0.5, 0.6) is 5.75 Å². The van der Waals surface area contributed by atoms with Crippen molar-refractivity contribution in [1.29, 1.82) is 0 Å². The lowest BCUT2D eigenvalue weighted by Gasteiger charge is -2.11. The molecule has 10 nitrogen and oxygen atoms in total. The number of nitrogens with two attached hydrogens (primary N) is 1. The number of anilines is 1. The number of hydrogen-bond donors (Lipinski definition) is 2. The number of halogens is 1. The van der Waals surface area contributed by atoms with Gasteiger partial charge in [-0.05, 0) is 37.3 Å². The van der Waals surface area contributed by atoms with E-state index in [1.54, 1.807) is 13.0 Å². The molecule has 0 aliphatic rings. The third-order valence-electron chi connectivity index (χ3n) is 3.89. The normalized spacial score (nSPS) is 11.7. The second kappa shape index (κ2) is 9.22. The second-order valence-corrected chi connectivity index (χ2v) is 7.38. The van der Waals surface area contributed by atoms with Crippen LogP contribution in [0.1, 0.15) is 12.7 Å². The molecular weight excluding hydrogens is 415 g/mol. The molecule has 0 bridgehead atoms. The van der Waals surface area contributed by atoms with E-state index in [9.17, 15) is 19.3 Å². The molecular formula is C18H17FN6O4S. The van der Waals surface area contributed by atoms with Gasteiger partial charge in [-0.2, -0.15) is 0 Å². The van der Waals surface area contributed by atoms with E-state index in [0.717, 1.165) is 11.8 Å². The number of nitrogens with one attached hydrogen (secondary N) is 1. The van der Waals surface area contributed by atoms with E-state index in [-0.39, 0.29) is 29.2 Å². The molecule has 1 aromatic heterocycles. The molecule has 0 spiro atoms. The van der Waals surface area contributed by atoms with Crippen LogP contribution in [0.15, 0.2) is 53.7 Å². The smallest absolute Gasteiger partial charge is 0.271 e. The van der Waals surface area contributed by atoms with Crippen LogP contribution in [0.25, 0.3) is 0 Å². The second-order valence-electron chi connectivity index (χ2n) is 6.07. The highest BCUT2D eigenvalue weighted by Crippen LogP contribution is 2.23. The molecule has 3 aromatic rings. The van der Waals surface area contributed by atoms with Crippen molar-refractivity contribution in [3.05, 3.63) is 70.3 Å². The number of nitrogen functional groups attached to an aromatic ring is 1. The zero-order valence-corrected chi connectivity index (χ0v) is 16.5. The van der Waals surface area contributed by atoms with Gasteiger partial charge >= 0.3 is 0 Å². The van der Waals surface area contributed by atoms with Crippen LogP contribution >= 0.6 is 11.8 Å². The minimum atomic E-state index is -0.610. The summed E-state index contributed by atoms with van der Waals surface area (Å²) in [4.78, 5) is 22.7. The van der Waals surface area contributed by atoms with Crippen LogP contribution in [-0.2, 0) is 11.4 Å². The largest absolute Gasteiger partial charge is 0.486 e. The predicted molar refractivity (Wildman–Crippen MR) is 108 cm³/mol. The number of aromatic nitrogens is 3. The van der Waals surface area contributed by atoms with E-state index >= 15 is 0 Å². The fourth-order valence-corrected chi connectivity index (χ4v) is 3.11. The average molecular weight is 432 g/mol. The van der Waals surface area contributed by atoms with Gasteiger partial charge in [-0.25, -0.2) is 9.07 Å². The Morgan fingerprint density at radius 3 is 2.77 bits per heavy atom. The number of amides is 1. The van der Waals surface area contributed by atoms with Crippen molar-refractivity contribution < 1.29 is 18.8 Å². The van der Waals surface area contributed by atoms with Gasteiger partial charge in [0.15, 0.2) is 5.82 Å². The SMILES string of the molecule is CC(Sc1nnc(COc2ccc(F)cc2)n1N)C(=O)Nc1cccc([N+](=O)[O-])c1. The fraction of sp³-hybridized carbons (Fsp3) is 0.167. The molecule has 0 saturated heterocycles. The Bertz CT molecular complexity index is 1060. The van der Waals surface area contributed by atoms with Crippen molar-refractivity contribution in [1.82, 2.24) is 14.9 Å². The number of nitrogens with zero attached hydrogens (tertiary/aromatic N) is 4. The van der Waals surface area contributed by atoms with E-state index < -0.39 is 10.2 Å². The lowest BCUT2D eigenvalue weighted by Crippen LogP contribution is -2.24. The average Bonchev–Trinajstić information content (AvgIpc) is 3.07. The molecule has 1 heterocycles. The molecule has 30 heavy (non-hydrogen) atoms. The van der Waals surface area contributed by atoms with Crippen LogP contribution in [0, 0.1) is 15.9 Å². The molecule has 0 aliphatic carbocycles. The highest BCUT2D eigenvalue weighted by Gasteiger charge is 2.20. The summed E-state index contributed by atoms with van der Waals surface area (Å²) in [6.07, 6.45) is 0. The molecule has 0 saturated carbocycles. The number of nitro groups is 1. The number of ether oxygens (including phenoxy) is 1. The third kappa shape index (κ3) is 5.23. The molecule has 0 aliphatic heterocycles. The van der Waals surface area contributed by atoms with Gasteiger partial charge in [0.1, 0.15) is 18.2 Å². The molecule has 3 N–H and O–H groups in total. The first kappa shape index (κ1) is 21.0. The molecule has 12 heteroatoms. The van der Waals surface area contributed by atoms with Crippen LogP contribution in [-0.4, -0.2) is 31.0 Å². The number of nitro benzene ring substituents is 1. The molecule has 156 valence electrons. The maximum atomic E-state index is 12.9. The van der Waals surface area contributed by atoms with Gasteiger partial charge in [-0.1, -0.05) is 17.8 Å². The summed E-state index contributed by atoms with van der Waals surface area (Å²) >= 11 is 1.07. The van der Waals surface area contributed by atoms with E-state index in [1.807, 2.05) is 0 Å². The summed E-state index contributed by atoms with van der Waals surface area (Å²) in [5.41, 5.74) is 0.185. The first-order chi connectivity index (χ1) is 14.3. The Morgan fingerprint density at radius 2 is 2.07 bits per heavy atom. The molecule has 0 fully saturated rings. The van der Waals surface area contributed by atoms with Crippen molar-refractivity contribution >= 4 is 29.0 Å². The number of benzene rings is 2. The number of rotatable bonds is 8. The lowest BCUT2D eigenvalue weighted by atomic mass is 10.2. The lowest BCUT2D eigenvalue weighted by molar-refractivity contribution is -0.384. The van der Waals surface area contributed by atoms with Crippen molar-refractivity contribution in [3.8, 4) is 5.75 Å². The van der Waals surface area contributed by atoms with Crippen LogP contribution < -0.4 is 15.9 Å². The van der Waals surface area contributed by atoms with Gasteiger partial charge in [0.25, 0.3) is 5.69 Å². The number of carbonyl (C=O) groups excluding carboxylic acids is 1. The van der Waals surface area contributed by atoms with Crippen molar-refractivity contribution in [2.75, 3.05) is 11.2 Å². The minimum absolute atomic E-state index is 0.00392. The Balaban J connectivity index is 1.59. The number of carbonyl (C=O) groups is 1. The Kier molecular flexibility index (Phi) is 6.47. The number of non-ortho nitro benzene ring substituents is 1. The topological polar surface area (TPSA) is 138 Å². The van der Waals surface area contributed by atoms with Gasteiger partial charge in [-0.15, -0.1) is 10.2 Å². The predicted octanol–water partition coefficient (Wildman–Crippen LogP) is 2.74. The fourth-order valence-electron chi connectivity index (χ4n) is 2.32. The van der Waals surface area contributed by atoms with Crippen LogP contribution in [0.4, 0.5) is 15.8 Å². The quantitative estimate of drug-likeness (QED) is 0.240.